The number of carbonyl (C=O) groups is 3. The van der Waals surface area contributed by atoms with Gasteiger partial charge >= 0.3 is 29.6 Å². The number of amides is 2. The van der Waals surface area contributed by atoms with E-state index in [1.54, 1.807) is 0 Å². The number of hydrogen-bond acceptors (Lipinski definition) is 10. The Morgan fingerprint density at radius 1 is 1.33 bits per heavy atom. The fourth-order valence-corrected chi connectivity index (χ4v) is 2.88. The predicted molar refractivity (Wildman–Crippen MR) is 113 cm³/mol. The molecule has 0 saturated heterocycles. The number of phenolic OH excluding ortho intramolecular Hbond substituents is 1. The molecule has 0 fully saturated rings. The van der Waals surface area contributed by atoms with Crippen molar-refractivity contribution in [2.75, 3.05) is 25.0 Å². The summed E-state index contributed by atoms with van der Waals surface area (Å²) in [4.78, 5) is 39.5. The summed E-state index contributed by atoms with van der Waals surface area (Å²) in [7, 11) is 0. The molecule has 0 saturated carbocycles. The normalized spacial score (nSPS) is 16.7. The molecule has 0 aromatic heterocycles. The van der Waals surface area contributed by atoms with E-state index in [4.69, 9.17) is 0 Å². The SMILES string of the molecule is C=CCC(O)C(CC(=O)[O-])NC(=O)CNC(=O)c1cc(O)cc(NC2=NCC(O)CN2)c1.[Na+]. The standard InChI is InChI=1S/C20H27N5O7.Na/c1-2-3-16(28)15(7-18(30)31)25-17(29)10-21-19(32)11-4-12(6-13(26)5-11)24-20-22-8-14(27)9-23-20;/h2,4-6,14-16,26-28H,1,3,7-10H2,(H,21,32)(H,25,29)(H,30,31)(H2,22,23,24);/q;+1/p-1. The molecule has 2 amide bonds. The maximum absolute atomic E-state index is 12.4. The third-order valence-corrected chi connectivity index (χ3v) is 4.42. The smallest absolute Gasteiger partial charge is 0.550 e. The minimum atomic E-state index is -1.45. The van der Waals surface area contributed by atoms with Gasteiger partial charge in [-0.05, 0) is 18.6 Å². The zero-order chi connectivity index (χ0) is 23.7. The van der Waals surface area contributed by atoms with Gasteiger partial charge in [-0.2, -0.15) is 0 Å². The van der Waals surface area contributed by atoms with Crippen LogP contribution in [0.5, 0.6) is 5.75 Å². The number of carboxylic acids is 1. The Labute approximate surface area is 212 Å². The number of guanidine groups is 1. The molecule has 0 radical (unpaired) electrons. The van der Waals surface area contributed by atoms with Gasteiger partial charge in [0, 0.05) is 36.3 Å². The Hall–Kier alpha value is -2.64. The second-order valence-electron chi connectivity index (χ2n) is 7.14. The maximum Gasteiger partial charge on any atom is 1.00 e. The molecule has 1 aliphatic rings. The number of anilines is 1. The second kappa shape index (κ2) is 13.8. The number of rotatable bonds is 10. The number of aliphatic hydroxyl groups excluding tert-OH is 2. The molecule has 0 spiro atoms. The van der Waals surface area contributed by atoms with E-state index in [0.717, 1.165) is 0 Å². The van der Waals surface area contributed by atoms with E-state index in [1.165, 1.54) is 24.3 Å². The topological polar surface area (TPSA) is 195 Å². The fraction of sp³-hybridized carbons (Fsp3) is 0.400. The number of benzene rings is 1. The Kier molecular flexibility index (Phi) is 11.9. The van der Waals surface area contributed by atoms with Crippen LogP contribution in [0.2, 0.25) is 0 Å². The van der Waals surface area contributed by atoms with Gasteiger partial charge in [-0.15, -0.1) is 6.58 Å². The molecule has 7 N–H and O–H groups in total. The van der Waals surface area contributed by atoms with Gasteiger partial charge in [-0.25, -0.2) is 0 Å². The average Bonchev–Trinajstić information content (AvgIpc) is 2.72. The van der Waals surface area contributed by atoms with Crippen molar-refractivity contribution in [2.45, 2.75) is 31.1 Å². The van der Waals surface area contributed by atoms with E-state index >= 15 is 0 Å². The van der Waals surface area contributed by atoms with Crippen LogP contribution in [0.15, 0.2) is 35.8 Å². The number of carbonyl (C=O) groups excluding carboxylic acids is 3. The third kappa shape index (κ3) is 9.80. The van der Waals surface area contributed by atoms with Crippen molar-refractivity contribution in [1.29, 1.82) is 0 Å². The number of carboxylic acid groups (broad SMARTS) is 1. The van der Waals surface area contributed by atoms with E-state index in [0.29, 0.717) is 18.2 Å². The van der Waals surface area contributed by atoms with Gasteiger partial charge in [0.2, 0.25) is 5.91 Å². The van der Waals surface area contributed by atoms with E-state index in [-0.39, 0.29) is 53.8 Å². The van der Waals surface area contributed by atoms with Crippen molar-refractivity contribution < 1.29 is 64.4 Å². The van der Waals surface area contributed by atoms with Crippen LogP contribution in [0.1, 0.15) is 23.2 Å². The molecule has 1 aromatic carbocycles. The van der Waals surface area contributed by atoms with Crippen LogP contribution in [0.3, 0.4) is 0 Å². The van der Waals surface area contributed by atoms with Crippen molar-refractivity contribution in [3.05, 3.63) is 36.4 Å². The molecule has 33 heavy (non-hydrogen) atoms. The van der Waals surface area contributed by atoms with Crippen LogP contribution in [0.25, 0.3) is 0 Å². The van der Waals surface area contributed by atoms with Crippen molar-refractivity contribution in [3.63, 3.8) is 0 Å². The van der Waals surface area contributed by atoms with Crippen LogP contribution in [0.4, 0.5) is 5.69 Å². The van der Waals surface area contributed by atoms with Crippen molar-refractivity contribution in [2.24, 2.45) is 4.99 Å². The number of β-amino-alcohol motifs (C(OH)–C–C–N with tert-alkyl or cyclic N) is 1. The molecule has 1 heterocycles. The summed E-state index contributed by atoms with van der Waals surface area (Å²) < 4.78 is 0. The Balaban J connectivity index is 0.00000544. The zero-order valence-electron chi connectivity index (χ0n) is 18.2. The minimum Gasteiger partial charge on any atom is -0.550 e. The second-order valence-corrected chi connectivity index (χ2v) is 7.14. The molecular weight excluding hydrogens is 445 g/mol. The molecule has 0 bridgehead atoms. The number of aliphatic hydroxyl groups is 2. The zero-order valence-corrected chi connectivity index (χ0v) is 20.2. The van der Waals surface area contributed by atoms with Gasteiger partial charge in [-0.1, -0.05) is 6.08 Å². The summed E-state index contributed by atoms with van der Waals surface area (Å²) in [6.07, 6.45) is -0.942. The molecular formula is C20H26N5NaO7. The van der Waals surface area contributed by atoms with Gasteiger partial charge in [0.15, 0.2) is 5.96 Å². The summed E-state index contributed by atoms with van der Waals surface area (Å²) in [6.45, 7) is 3.46. The van der Waals surface area contributed by atoms with Gasteiger partial charge in [-0.3, -0.25) is 14.6 Å². The first kappa shape index (κ1) is 28.4. The third-order valence-electron chi connectivity index (χ3n) is 4.42. The monoisotopic (exact) mass is 471 g/mol. The van der Waals surface area contributed by atoms with E-state index in [2.05, 4.69) is 32.8 Å². The maximum atomic E-state index is 12.4. The molecule has 3 atom stereocenters. The molecule has 3 unspecified atom stereocenters. The van der Waals surface area contributed by atoms with Gasteiger partial charge in [0.25, 0.3) is 5.91 Å². The Bertz CT molecular complexity index is 896. The molecule has 1 aromatic rings. The van der Waals surface area contributed by atoms with Gasteiger partial charge in [0.1, 0.15) is 5.75 Å². The average molecular weight is 471 g/mol. The van der Waals surface area contributed by atoms with Crippen molar-refractivity contribution in [1.82, 2.24) is 16.0 Å². The van der Waals surface area contributed by atoms with Crippen LogP contribution in [0, 0.1) is 0 Å². The summed E-state index contributed by atoms with van der Waals surface area (Å²) in [5.74, 6) is -2.68. The van der Waals surface area contributed by atoms with Gasteiger partial charge in [0.05, 0.1) is 31.3 Å². The Morgan fingerprint density at radius 3 is 2.67 bits per heavy atom. The summed E-state index contributed by atoms with van der Waals surface area (Å²) in [5, 5.41) is 50.6. The quantitative estimate of drug-likeness (QED) is 0.129. The largest absolute Gasteiger partial charge is 1.00 e. The summed E-state index contributed by atoms with van der Waals surface area (Å²) in [5.41, 5.74) is 0.401. The van der Waals surface area contributed by atoms with E-state index in [1.807, 2.05) is 0 Å². The number of aliphatic carboxylic acids is 1. The van der Waals surface area contributed by atoms with Crippen molar-refractivity contribution >= 4 is 29.4 Å². The molecule has 174 valence electrons. The molecule has 1 aliphatic heterocycles. The number of aliphatic imine (C=N–C) groups is 1. The Morgan fingerprint density at radius 2 is 2.06 bits per heavy atom. The number of hydrogen-bond donors (Lipinski definition) is 7. The number of aromatic hydroxyl groups is 1. The summed E-state index contributed by atoms with van der Waals surface area (Å²) in [6, 6.07) is 2.88. The number of nitrogens with zero attached hydrogens (tertiary/aromatic N) is 1. The van der Waals surface area contributed by atoms with E-state index in [9.17, 15) is 34.8 Å². The van der Waals surface area contributed by atoms with Crippen LogP contribution in [-0.4, -0.2) is 76.9 Å². The molecule has 12 nitrogen and oxygen atoms in total. The van der Waals surface area contributed by atoms with E-state index < -0.39 is 49.0 Å². The first-order valence-corrected chi connectivity index (χ1v) is 9.81. The van der Waals surface area contributed by atoms with Crippen LogP contribution in [-0.2, 0) is 9.59 Å². The molecule has 0 aliphatic carbocycles. The van der Waals surface area contributed by atoms with Gasteiger partial charge < -0.3 is 46.5 Å². The number of phenols is 1. The number of nitrogens with one attached hydrogen (secondary N) is 4. The molecule has 13 heteroatoms. The predicted octanol–water partition coefficient (Wildman–Crippen LogP) is -5.58. The fourth-order valence-electron chi connectivity index (χ4n) is 2.88. The van der Waals surface area contributed by atoms with Crippen molar-refractivity contribution in [3.8, 4) is 5.75 Å². The summed E-state index contributed by atoms with van der Waals surface area (Å²) >= 11 is 0. The van der Waals surface area contributed by atoms with Crippen LogP contribution >= 0.6 is 0 Å². The minimum absolute atomic E-state index is 0. The van der Waals surface area contributed by atoms with Crippen LogP contribution < -0.4 is 55.9 Å². The molecule has 2 rings (SSSR count). The first-order chi connectivity index (χ1) is 15.2. The first-order valence-electron chi connectivity index (χ1n) is 9.81.